The molecule has 102 valence electrons. The van der Waals surface area contributed by atoms with Crippen molar-refractivity contribution in [2.24, 2.45) is 0 Å². The van der Waals surface area contributed by atoms with Crippen LogP contribution in [0.1, 0.15) is 6.42 Å². The van der Waals surface area contributed by atoms with Gasteiger partial charge in [0.2, 0.25) is 0 Å². The van der Waals surface area contributed by atoms with Gasteiger partial charge in [0, 0.05) is 6.42 Å². The summed E-state index contributed by atoms with van der Waals surface area (Å²) >= 11 is 0. The summed E-state index contributed by atoms with van der Waals surface area (Å²) in [6.07, 6.45) is -15.4. The normalized spacial score (nSPS) is 18.5. The minimum absolute atomic E-state index is 0.728. The Kier molecular flexibility index (Phi) is 5.24. The number of halogens is 6. The van der Waals surface area contributed by atoms with Crippen LogP contribution in [0.2, 0.25) is 0 Å². The van der Waals surface area contributed by atoms with E-state index in [2.05, 4.69) is 11.1 Å². The van der Waals surface area contributed by atoms with E-state index in [1.54, 1.807) is 0 Å². The van der Waals surface area contributed by atoms with Crippen molar-refractivity contribution in [2.45, 2.75) is 24.9 Å². The molecule has 10 heteroatoms. The molecule has 0 fully saturated rings. The lowest BCUT2D eigenvalue weighted by atomic mass is 10.2. The van der Waals surface area contributed by atoms with Crippen molar-refractivity contribution in [1.29, 1.82) is 0 Å². The average molecular weight is 286 g/mol. The Hall–Kier alpha value is -0.530. The fourth-order valence-corrected chi connectivity index (χ4v) is 1.98. The Morgan fingerprint density at radius 3 is 2.06 bits per heavy atom. The highest BCUT2D eigenvalue weighted by Crippen LogP contribution is 2.50. The predicted octanol–water partition coefficient (Wildman–Crippen LogP) is 3.26. The second-order valence-electron chi connectivity index (χ2n) is 3.07. The lowest BCUT2D eigenvalue weighted by Crippen LogP contribution is -2.31. The Morgan fingerprint density at radius 2 is 1.76 bits per heavy atom. The topological polar surface area (TPSA) is 46.5 Å². The standard InChI is InChI=1S/C7H9F6O3P/c1-2-3-5(7(11,12)13)16-17(14,15)4-6(8,9)10/h2,5H,1,3-4H2,(H,14,15). The van der Waals surface area contributed by atoms with Gasteiger partial charge in [-0.3, -0.25) is 9.09 Å². The van der Waals surface area contributed by atoms with E-state index in [0.29, 0.717) is 0 Å². The molecule has 3 nitrogen and oxygen atoms in total. The summed E-state index contributed by atoms with van der Waals surface area (Å²) in [6, 6.07) is 0. The zero-order valence-electron chi connectivity index (χ0n) is 8.25. The van der Waals surface area contributed by atoms with Gasteiger partial charge in [-0.25, -0.2) is 0 Å². The maximum Gasteiger partial charge on any atom is 0.415 e. The molecule has 0 aromatic carbocycles. The van der Waals surface area contributed by atoms with E-state index in [0.717, 1.165) is 6.08 Å². The van der Waals surface area contributed by atoms with Gasteiger partial charge in [0.15, 0.2) is 6.10 Å². The second kappa shape index (κ2) is 5.41. The van der Waals surface area contributed by atoms with Crippen LogP contribution in [-0.2, 0) is 9.09 Å². The van der Waals surface area contributed by atoms with E-state index in [1.165, 1.54) is 0 Å². The van der Waals surface area contributed by atoms with Gasteiger partial charge in [0.1, 0.15) is 6.16 Å². The molecule has 0 amide bonds. The zero-order chi connectivity index (χ0) is 13.9. The van der Waals surface area contributed by atoms with Crippen LogP contribution >= 0.6 is 7.60 Å². The highest BCUT2D eigenvalue weighted by atomic mass is 31.2. The molecule has 0 rings (SSSR count). The largest absolute Gasteiger partial charge is 0.415 e. The molecule has 0 aromatic heterocycles. The van der Waals surface area contributed by atoms with Crippen molar-refractivity contribution in [1.82, 2.24) is 0 Å². The third-order valence-electron chi connectivity index (χ3n) is 1.42. The first-order valence-corrected chi connectivity index (χ1v) is 5.88. The quantitative estimate of drug-likeness (QED) is 0.479. The van der Waals surface area contributed by atoms with E-state index < -0.39 is 38.6 Å². The van der Waals surface area contributed by atoms with E-state index in [1.807, 2.05) is 0 Å². The van der Waals surface area contributed by atoms with Crippen molar-refractivity contribution in [3.8, 4) is 0 Å². The molecule has 2 atom stereocenters. The number of hydrogen-bond acceptors (Lipinski definition) is 2. The van der Waals surface area contributed by atoms with Crippen LogP contribution in [0.25, 0.3) is 0 Å². The van der Waals surface area contributed by atoms with Crippen LogP contribution in [0, 0.1) is 0 Å². The molecule has 0 saturated heterocycles. The minimum atomic E-state index is -5.39. The van der Waals surface area contributed by atoms with Crippen molar-refractivity contribution in [3.63, 3.8) is 0 Å². The smallest absolute Gasteiger partial charge is 0.324 e. The molecule has 0 aliphatic carbocycles. The number of rotatable bonds is 5. The molecule has 1 N–H and O–H groups in total. The van der Waals surface area contributed by atoms with Gasteiger partial charge in [0.05, 0.1) is 0 Å². The average Bonchev–Trinajstić information content (AvgIpc) is 1.96. The number of alkyl halides is 6. The lowest BCUT2D eigenvalue weighted by molar-refractivity contribution is -0.196. The summed E-state index contributed by atoms with van der Waals surface area (Å²) in [4.78, 5) is 8.69. The van der Waals surface area contributed by atoms with Crippen LogP contribution in [-0.4, -0.2) is 29.5 Å². The maximum absolute atomic E-state index is 12.2. The van der Waals surface area contributed by atoms with Crippen LogP contribution in [0.4, 0.5) is 26.3 Å². The molecule has 0 aliphatic heterocycles. The molecular weight excluding hydrogens is 277 g/mol. The van der Waals surface area contributed by atoms with Gasteiger partial charge in [-0.2, -0.15) is 26.3 Å². The highest BCUT2D eigenvalue weighted by Gasteiger charge is 2.47. The van der Waals surface area contributed by atoms with Gasteiger partial charge < -0.3 is 4.89 Å². The molecule has 0 aliphatic rings. The van der Waals surface area contributed by atoms with Crippen LogP contribution in [0.5, 0.6) is 0 Å². The summed E-state index contributed by atoms with van der Waals surface area (Å²) in [5, 5.41) is 0. The molecule has 0 heterocycles. The monoisotopic (exact) mass is 286 g/mol. The minimum Gasteiger partial charge on any atom is -0.324 e. The Balaban J connectivity index is 4.76. The summed E-state index contributed by atoms with van der Waals surface area (Å²) in [5.41, 5.74) is 0. The lowest BCUT2D eigenvalue weighted by Gasteiger charge is -2.23. The van der Waals surface area contributed by atoms with Crippen LogP contribution < -0.4 is 0 Å². The summed E-state index contributed by atoms with van der Waals surface area (Å²) in [5.74, 6) is 0. The Bertz CT molecular complexity index is 310. The zero-order valence-corrected chi connectivity index (χ0v) is 9.15. The molecule has 0 spiro atoms. The first kappa shape index (κ1) is 16.5. The van der Waals surface area contributed by atoms with E-state index in [-0.39, 0.29) is 0 Å². The van der Waals surface area contributed by atoms with Crippen LogP contribution in [0.15, 0.2) is 12.7 Å². The Morgan fingerprint density at radius 1 is 1.29 bits per heavy atom. The third-order valence-corrected chi connectivity index (χ3v) is 2.76. The summed E-state index contributed by atoms with van der Waals surface area (Å²) < 4.78 is 86.3. The maximum atomic E-state index is 12.2. The fourth-order valence-electron chi connectivity index (χ4n) is 0.850. The molecular formula is C7H9F6O3P. The summed E-state index contributed by atoms with van der Waals surface area (Å²) in [7, 11) is -5.39. The fraction of sp³-hybridized carbons (Fsp3) is 0.714. The SMILES string of the molecule is C=CCC(OP(=O)(O)CC(F)(F)F)C(F)(F)F. The van der Waals surface area contributed by atoms with Crippen molar-refractivity contribution >= 4 is 7.60 Å². The number of hydrogen-bond donors (Lipinski definition) is 1. The second-order valence-corrected chi connectivity index (χ2v) is 4.87. The van der Waals surface area contributed by atoms with Crippen LogP contribution in [0.3, 0.4) is 0 Å². The highest BCUT2D eigenvalue weighted by molar-refractivity contribution is 7.52. The molecule has 0 aromatic rings. The van der Waals surface area contributed by atoms with Gasteiger partial charge in [-0.05, 0) is 0 Å². The van der Waals surface area contributed by atoms with Crippen molar-refractivity contribution in [3.05, 3.63) is 12.7 Å². The molecule has 0 bridgehead atoms. The first-order valence-electron chi connectivity index (χ1n) is 4.12. The third kappa shape index (κ3) is 7.40. The van der Waals surface area contributed by atoms with Gasteiger partial charge in [-0.1, -0.05) is 6.08 Å². The van der Waals surface area contributed by atoms with Gasteiger partial charge >= 0.3 is 19.9 Å². The summed E-state index contributed by atoms with van der Waals surface area (Å²) in [6.45, 7) is 2.95. The van der Waals surface area contributed by atoms with E-state index in [4.69, 9.17) is 4.89 Å². The molecule has 17 heavy (non-hydrogen) atoms. The van der Waals surface area contributed by atoms with Crippen molar-refractivity contribution < 1.29 is 40.3 Å². The van der Waals surface area contributed by atoms with Gasteiger partial charge in [0.25, 0.3) is 0 Å². The van der Waals surface area contributed by atoms with E-state index in [9.17, 15) is 30.9 Å². The molecule has 2 unspecified atom stereocenters. The van der Waals surface area contributed by atoms with Gasteiger partial charge in [-0.15, -0.1) is 6.58 Å². The van der Waals surface area contributed by atoms with E-state index >= 15 is 0 Å². The predicted molar refractivity (Wildman–Crippen MR) is 46.5 cm³/mol. The molecule has 0 radical (unpaired) electrons. The Labute approximate surface area is 92.6 Å². The molecule has 0 saturated carbocycles. The van der Waals surface area contributed by atoms with Crippen molar-refractivity contribution in [2.75, 3.05) is 6.16 Å². The first-order chi connectivity index (χ1) is 7.37.